The molecular formula is C39H41N3O5. The van der Waals surface area contributed by atoms with E-state index in [1.165, 1.54) is 53.1 Å². The zero-order valence-corrected chi connectivity index (χ0v) is 26.6. The molecule has 0 saturated heterocycles. The summed E-state index contributed by atoms with van der Waals surface area (Å²) >= 11 is 0. The molecule has 4 aromatic rings. The molecule has 0 radical (unpaired) electrons. The molecule has 0 unspecified atom stereocenters. The summed E-state index contributed by atoms with van der Waals surface area (Å²) in [5.74, 6) is -0.777. The number of phenols is 1. The minimum Gasteiger partial charge on any atom is -0.508 e. The second kappa shape index (κ2) is 12.7. The average Bonchev–Trinajstić information content (AvgIpc) is 3.63. The molecule has 47 heavy (non-hydrogen) atoms. The van der Waals surface area contributed by atoms with Gasteiger partial charge in [0.2, 0.25) is 5.91 Å². The van der Waals surface area contributed by atoms with E-state index in [2.05, 4.69) is 27.3 Å². The highest BCUT2D eigenvalue weighted by atomic mass is 16.4. The van der Waals surface area contributed by atoms with Gasteiger partial charge >= 0.3 is 5.97 Å². The highest BCUT2D eigenvalue weighted by Crippen LogP contribution is 2.46. The first-order valence-corrected chi connectivity index (χ1v) is 16.9. The molecule has 0 bridgehead atoms. The monoisotopic (exact) mass is 631 g/mol. The van der Waals surface area contributed by atoms with Gasteiger partial charge in [-0.1, -0.05) is 50.3 Å². The summed E-state index contributed by atoms with van der Waals surface area (Å²) in [6.07, 6.45) is 13.2. The molecule has 0 spiro atoms. The van der Waals surface area contributed by atoms with E-state index < -0.39 is 11.5 Å². The summed E-state index contributed by atoms with van der Waals surface area (Å²) in [5.41, 5.74) is 6.82. The zero-order valence-electron chi connectivity index (χ0n) is 26.6. The lowest BCUT2D eigenvalue weighted by Gasteiger charge is -2.29. The Labute approximate surface area is 274 Å². The van der Waals surface area contributed by atoms with Crippen LogP contribution < -0.4 is 10.6 Å². The lowest BCUT2D eigenvalue weighted by atomic mass is 9.81. The van der Waals surface area contributed by atoms with Crippen LogP contribution in [0.15, 0.2) is 66.7 Å². The van der Waals surface area contributed by atoms with Gasteiger partial charge in [-0.3, -0.25) is 9.59 Å². The molecule has 2 aliphatic carbocycles. The van der Waals surface area contributed by atoms with Gasteiger partial charge in [0.05, 0.1) is 5.69 Å². The number of carboxylic acid groups (broad SMARTS) is 1. The minimum atomic E-state index is -1.02. The summed E-state index contributed by atoms with van der Waals surface area (Å²) in [5, 5.41) is 26.5. The van der Waals surface area contributed by atoms with Gasteiger partial charge in [-0.05, 0) is 110 Å². The average molecular weight is 632 g/mol. The van der Waals surface area contributed by atoms with Gasteiger partial charge in [0.1, 0.15) is 11.3 Å². The Hall–Kier alpha value is -4.85. The van der Waals surface area contributed by atoms with Crippen molar-refractivity contribution in [3.63, 3.8) is 0 Å². The quantitative estimate of drug-likeness (QED) is 0.155. The molecule has 4 N–H and O–H groups in total. The molecule has 7 rings (SSSR count). The van der Waals surface area contributed by atoms with Gasteiger partial charge in [0.25, 0.3) is 5.91 Å². The van der Waals surface area contributed by atoms with Crippen molar-refractivity contribution < 1.29 is 24.6 Å². The number of amides is 2. The van der Waals surface area contributed by atoms with E-state index >= 15 is 0 Å². The zero-order chi connectivity index (χ0) is 32.5. The Bertz CT molecular complexity index is 1870. The number of carbonyl (C=O) groups excluding carboxylic acids is 2. The van der Waals surface area contributed by atoms with E-state index in [-0.39, 0.29) is 11.8 Å². The van der Waals surface area contributed by atoms with Crippen LogP contribution >= 0.6 is 0 Å². The smallest absolute Gasteiger partial charge is 0.328 e. The van der Waals surface area contributed by atoms with Crippen LogP contribution in [0.5, 0.6) is 5.75 Å². The van der Waals surface area contributed by atoms with Crippen LogP contribution in [0.1, 0.15) is 97.2 Å². The van der Waals surface area contributed by atoms with Crippen LogP contribution in [0, 0.1) is 0 Å². The Morgan fingerprint density at radius 3 is 2.38 bits per heavy atom. The fourth-order valence-electron chi connectivity index (χ4n) is 8.06. The number of benzene rings is 3. The third kappa shape index (κ3) is 6.04. The van der Waals surface area contributed by atoms with Crippen molar-refractivity contribution in [2.24, 2.45) is 0 Å². The third-order valence-corrected chi connectivity index (χ3v) is 10.4. The number of hydrogen-bond acceptors (Lipinski definition) is 4. The number of anilines is 1. The summed E-state index contributed by atoms with van der Waals surface area (Å²) in [6.45, 7) is 0.830. The Balaban J connectivity index is 1.20. The normalized spacial score (nSPS) is 17.6. The number of fused-ring (bicyclic) bond motifs is 5. The molecular weight excluding hydrogens is 590 g/mol. The summed E-state index contributed by atoms with van der Waals surface area (Å²) < 4.78 is 2.40. The number of aromatic hydroxyl groups is 1. The van der Waals surface area contributed by atoms with Crippen molar-refractivity contribution in [3.05, 3.63) is 89.0 Å². The number of nitrogens with zero attached hydrogens (tertiary/aromatic N) is 1. The molecule has 2 fully saturated rings. The van der Waals surface area contributed by atoms with Gasteiger partial charge < -0.3 is 25.4 Å². The highest BCUT2D eigenvalue weighted by Gasteiger charge is 2.43. The highest BCUT2D eigenvalue weighted by molar-refractivity contribution is 6.06. The summed E-state index contributed by atoms with van der Waals surface area (Å²) in [4.78, 5) is 38.5. The fraction of sp³-hybridized carbons (Fsp3) is 0.359. The van der Waals surface area contributed by atoms with E-state index in [1.54, 1.807) is 30.3 Å². The van der Waals surface area contributed by atoms with Crippen molar-refractivity contribution in [1.82, 2.24) is 9.88 Å². The molecule has 242 valence electrons. The van der Waals surface area contributed by atoms with Gasteiger partial charge in [0.15, 0.2) is 0 Å². The Kier molecular flexibility index (Phi) is 8.35. The number of nitrogens with one attached hydrogen (secondary N) is 2. The second-order valence-corrected chi connectivity index (χ2v) is 13.4. The largest absolute Gasteiger partial charge is 0.508 e. The van der Waals surface area contributed by atoms with Gasteiger partial charge in [0, 0.05) is 40.3 Å². The van der Waals surface area contributed by atoms with Crippen molar-refractivity contribution in [2.45, 2.75) is 88.6 Å². The number of phenolic OH excluding ortho intramolecular Hbond substituents is 1. The standard InChI is InChI=1S/C39H41N3O5/c43-30-16-18-31-27(23-30)9-6-22-42-33-24-28(13-17-32(33)35(36(31)42)26-7-2-1-3-8-26)37(46)41-39(20-4-5-21-39)38(47)40-29-14-10-25(11-15-29)12-19-34(44)45/h10-19,23-24,26,43H,1-9,20-22H2,(H,40,47)(H,41,46)(H,44,45). The number of aromatic nitrogens is 1. The fourth-order valence-corrected chi connectivity index (χ4v) is 8.06. The van der Waals surface area contributed by atoms with Crippen LogP contribution in [0.25, 0.3) is 28.2 Å². The molecule has 3 aromatic carbocycles. The molecule has 8 nitrogen and oxygen atoms in total. The minimum absolute atomic E-state index is 0.241. The van der Waals surface area contributed by atoms with Gasteiger partial charge in [-0.25, -0.2) is 4.79 Å². The maximum absolute atomic E-state index is 14.0. The molecule has 3 aliphatic rings. The summed E-state index contributed by atoms with van der Waals surface area (Å²) in [6, 6.07) is 18.7. The Morgan fingerprint density at radius 1 is 0.872 bits per heavy atom. The van der Waals surface area contributed by atoms with Gasteiger partial charge in [-0.15, -0.1) is 0 Å². The van der Waals surface area contributed by atoms with Crippen molar-refractivity contribution in [2.75, 3.05) is 5.32 Å². The Morgan fingerprint density at radius 2 is 1.64 bits per heavy atom. The molecule has 0 atom stereocenters. The number of hydrogen-bond donors (Lipinski definition) is 4. The molecule has 2 amide bonds. The molecule has 1 aromatic heterocycles. The molecule has 8 heteroatoms. The van der Waals surface area contributed by atoms with Crippen molar-refractivity contribution in [3.8, 4) is 17.0 Å². The van der Waals surface area contributed by atoms with E-state index in [1.807, 2.05) is 18.2 Å². The number of aliphatic carboxylic acids is 1. The number of aryl methyl sites for hydroxylation is 2. The van der Waals surface area contributed by atoms with Crippen LogP contribution in [0.2, 0.25) is 0 Å². The molecule has 2 heterocycles. The van der Waals surface area contributed by atoms with Gasteiger partial charge in [-0.2, -0.15) is 0 Å². The topological polar surface area (TPSA) is 121 Å². The number of rotatable bonds is 7. The van der Waals surface area contributed by atoms with Crippen LogP contribution in [-0.2, 0) is 22.6 Å². The maximum atomic E-state index is 14.0. The van der Waals surface area contributed by atoms with Crippen molar-refractivity contribution in [1.29, 1.82) is 0 Å². The molecule has 2 saturated carbocycles. The third-order valence-electron chi connectivity index (χ3n) is 10.4. The number of carbonyl (C=O) groups is 3. The van der Waals surface area contributed by atoms with Crippen LogP contribution in [0.3, 0.4) is 0 Å². The lowest BCUT2D eigenvalue weighted by Crippen LogP contribution is -2.55. The molecule has 1 aliphatic heterocycles. The van der Waals surface area contributed by atoms with Crippen LogP contribution in [-0.4, -0.2) is 38.1 Å². The first-order valence-electron chi connectivity index (χ1n) is 16.9. The van der Waals surface area contributed by atoms with Crippen LogP contribution in [0.4, 0.5) is 5.69 Å². The van der Waals surface area contributed by atoms with Crippen molar-refractivity contribution >= 4 is 40.4 Å². The maximum Gasteiger partial charge on any atom is 0.328 e. The predicted molar refractivity (Wildman–Crippen MR) is 184 cm³/mol. The van der Waals surface area contributed by atoms with E-state index in [0.717, 1.165) is 56.7 Å². The SMILES string of the molecule is O=C(O)C=Cc1ccc(NC(=O)C2(NC(=O)c3ccc4c(C5CCCCC5)c5n(c4c3)CCCc3cc(O)ccc3-5)CCCC2)cc1. The first-order chi connectivity index (χ1) is 22.8. The van der Waals surface area contributed by atoms with E-state index in [0.29, 0.717) is 41.3 Å². The summed E-state index contributed by atoms with van der Waals surface area (Å²) in [7, 11) is 0. The first kappa shape index (κ1) is 30.8. The number of carboxylic acids is 1. The predicted octanol–water partition coefficient (Wildman–Crippen LogP) is 7.79. The van der Waals surface area contributed by atoms with E-state index in [4.69, 9.17) is 5.11 Å². The van der Waals surface area contributed by atoms with E-state index in [9.17, 15) is 19.5 Å². The lowest BCUT2D eigenvalue weighted by molar-refractivity contribution is -0.131. The second-order valence-electron chi connectivity index (χ2n) is 13.4.